The van der Waals surface area contributed by atoms with Crippen molar-refractivity contribution >= 4 is 11.6 Å². The number of nitrogens with one attached hydrogen (secondary N) is 1. The van der Waals surface area contributed by atoms with Gasteiger partial charge in [-0.15, -0.1) is 0 Å². The van der Waals surface area contributed by atoms with Crippen molar-refractivity contribution < 1.29 is 14.3 Å². The molecule has 204 valence electrons. The minimum atomic E-state index is -0.730. The van der Waals surface area contributed by atoms with E-state index in [0.717, 1.165) is 59.4 Å². The molecule has 0 unspecified atom stereocenters. The zero-order valence-corrected chi connectivity index (χ0v) is 23.0. The van der Waals surface area contributed by atoms with Crippen molar-refractivity contribution in [3.63, 3.8) is 0 Å². The molecule has 40 heavy (non-hydrogen) atoms. The first kappa shape index (κ1) is 26.1. The van der Waals surface area contributed by atoms with Gasteiger partial charge in [-0.25, -0.2) is 0 Å². The normalized spacial score (nSPS) is 16.2. The smallest absolute Gasteiger partial charge is 0.244 e. The minimum absolute atomic E-state index is 0.0926. The molecule has 0 spiro atoms. The molecule has 1 N–H and O–H groups in total. The molecule has 0 saturated heterocycles. The SMILES string of the molecule is CCCCCCN1C(=O)[C@@H](NC(c2ccccc2)(c2ccccc2)c2ccccc2)Cc2cc3c(cc21)OCO3. The van der Waals surface area contributed by atoms with Crippen LogP contribution in [0, 0.1) is 0 Å². The molecule has 5 nitrogen and oxygen atoms in total. The summed E-state index contributed by atoms with van der Waals surface area (Å²) in [4.78, 5) is 16.4. The molecule has 5 heteroatoms. The lowest BCUT2D eigenvalue weighted by Crippen LogP contribution is -2.58. The van der Waals surface area contributed by atoms with E-state index < -0.39 is 11.6 Å². The summed E-state index contributed by atoms with van der Waals surface area (Å²) in [6.07, 6.45) is 4.93. The van der Waals surface area contributed by atoms with Gasteiger partial charge in [-0.05, 0) is 41.2 Å². The Bertz CT molecular complexity index is 1340. The predicted molar refractivity (Wildman–Crippen MR) is 159 cm³/mol. The summed E-state index contributed by atoms with van der Waals surface area (Å²) < 4.78 is 11.4. The summed E-state index contributed by atoms with van der Waals surface area (Å²) in [5.74, 6) is 1.55. The second kappa shape index (κ2) is 11.6. The van der Waals surface area contributed by atoms with Gasteiger partial charge in [-0.2, -0.15) is 0 Å². The van der Waals surface area contributed by atoms with E-state index in [1.165, 1.54) is 0 Å². The Kier molecular flexibility index (Phi) is 7.56. The number of benzene rings is 4. The van der Waals surface area contributed by atoms with Gasteiger partial charge in [0.25, 0.3) is 0 Å². The van der Waals surface area contributed by atoms with E-state index in [9.17, 15) is 4.79 Å². The summed E-state index contributed by atoms with van der Waals surface area (Å²) in [5, 5.41) is 3.95. The predicted octanol–water partition coefficient (Wildman–Crippen LogP) is 6.84. The van der Waals surface area contributed by atoms with Crippen LogP contribution in [0.1, 0.15) is 54.9 Å². The zero-order chi connectivity index (χ0) is 27.4. The second-order valence-corrected chi connectivity index (χ2v) is 10.6. The van der Waals surface area contributed by atoms with Crippen LogP contribution in [0.4, 0.5) is 5.69 Å². The van der Waals surface area contributed by atoms with Crippen molar-refractivity contribution in [3.05, 3.63) is 125 Å². The van der Waals surface area contributed by atoms with Gasteiger partial charge in [-0.3, -0.25) is 10.1 Å². The summed E-state index contributed by atoms with van der Waals surface area (Å²) in [6, 6.07) is 35.0. The van der Waals surface area contributed by atoms with E-state index in [2.05, 4.69) is 91.1 Å². The number of carbonyl (C=O) groups is 1. The largest absolute Gasteiger partial charge is 0.454 e. The fraction of sp³-hybridized carbons (Fsp3) is 0.286. The highest BCUT2D eigenvalue weighted by molar-refractivity contribution is 6.01. The van der Waals surface area contributed by atoms with Gasteiger partial charge in [0.15, 0.2) is 11.5 Å². The number of fused-ring (bicyclic) bond motifs is 2. The van der Waals surface area contributed by atoms with Gasteiger partial charge in [0.05, 0.1) is 17.3 Å². The second-order valence-electron chi connectivity index (χ2n) is 10.6. The van der Waals surface area contributed by atoms with Crippen LogP contribution in [0.5, 0.6) is 11.5 Å². The van der Waals surface area contributed by atoms with Crippen LogP contribution in [0.25, 0.3) is 0 Å². The van der Waals surface area contributed by atoms with Crippen LogP contribution in [0.3, 0.4) is 0 Å². The quantitative estimate of drug-likeness (QED) is 0.180. The molecule has 1 amide bonds. The van der Waals surface area contributed by atoms with Gasteiger partial charge in [0, 0.05) is 12.6 Å². The Labute approximate surface area is 236 Å². The number of nitrogens with zero attached hydrogens (tertiary/aromatic N) is 1. The highest BCUT2D eigenvalue weighted by Gasteiger charge is 2.43. The summed E-state index contributed by atoms with van der Waals surface area (Å²) >= 11 is 0. The lowest BCUT2D eigenvalue weighted by atomic mass is 9.76. The average molecular weight is 533 g/mol. The van der Waals surface area contributed by atoms with Crippen molar-refractivity contribution in [1.82, 2.24) is 5.32 Å². The molecule has 0 fully saturated rings. The van der Waals surface area contributed by atoms with E-state index in [1.54, 1.807) is 0 Å². The van der Waals surface area contributed by atoms with E-state index in [-0.39, 0.29) is 12.7 Å². The lowest BCUT2D eigenvalue weighted by molar-refractivity contribution is -0.121. The topological polar surface area (TPSA) is 50.8 Å². The van der Waals surface area contributed by atoms with Crippen molar-refractivity contribution in [2.24, 2.45) is 0 Å². The molecule has 0 radical (unpaired) electrons. The molecule has 4 aromatic carbocycles. The molecule has 0 saturated carbocycles. The Balaban J connectivity index is 1.46. The number of unbranched alkanes of at least 4 members (excludes halogenated alkanes) is 3. The van der Waals surface area contributed by atoms with Crippen LogP contribution >= 0.6 is 0 Å². The Hall–Kier alpha value is -4.09. The highest BCUT2D eigenvalue weighted by Crippen LogP contribution is 2.43. The summed E-state index contributed by atoms with van der Waals surface area (Å²) in [5.41, 5.74) is 4.57. The van der Waals surface area contributed by atoms with Crippen molar-refractivity contribution in [2.75, 3.05) is 18.2 Å². The summed E-state index contributed by atoms with van der Waals surface area (Å²) in [7, 11) is 0. The number of hydrogen-bond donors (Lipinski definition) is 1. The molecule has 0 bridgehead atoms. The number of rotatable bonds is 10. The molecule has 1 atom stereocenters. The number of amides is 1. The van der Waals surface area contributed by atoms with Crippen LogP contribution in [0.15, 0.2) is 103 Å². The lowest BCUT2D eigenvalue weighted by Gasteiger charge is -2.43. The van der Waals surface area contributed by atoms with E-state index in [0.29, 0.717) is 18.7 Å². The average Bonchev–Trinajstić information content (AvgIpc) is 3.47. The molecule has 4 aromatic rings. The van der Waals surface area contributed by atoms with Gasteiger partial charge in [0.2, 0.25) is 12.7 Å². The number of hydrogen-bond acceptors (Lipinski definition) is 4. The van der Waals surface area contributed by atoms with Crippen molar-refractivity contribution in [1.29, 1.82) is 0 Å². The van der Waals surface area contributed by atoms with Gasteiger partial charge < -0.3 is 14.4 Å². The Morgan fingerprint density at radius 3 is 1.88 bits per heavy atom. The van der Waals surface area contributed by atoms with Gasteiger partial charge in [0.1, 0.15) is 0 Å². The number of carbonyl (C=O) groups excluding carboxylic acids is 1. The van der Waals surface area contributed by atoms with Crippen molar-refractivity contribution in [2.45, 2.75) is 50.6 Å². The number of anilines is 1. The Morgan fingerprint density at radius 2 is 1.32 bits per heavy atom. The van der Waals surface area contributed by atoms with Gasteiger partial charge >= 0.3 is 0 Å². The zero-order valence-electron chi connectivity index (χ0n) is 23.0. The van der Waals surface area contributed by atoms with Crippen LogP contribution in [-0.2, 0) is 16.8 Å². The van der Waals surface area contributed by atoms with E-state index in [4.69, 9.17) is 9.47 Å². The maximum Gasteiger partial charge on any atom is 0.244 e. The fourth-order valence-corrected chi connectivity index (χ4v) is 6.12. The van der Waals surface area contributed by atoms with Crippen LogP contribution in [-0.4, -0.2) is 25.3 Å². The Morgan fingerprint density at radius 1 is 0.775 bits per heavy atom. The molecule has 0 aliphatic carbocycles. The molecular formula is C35H36N2O3. The first-order valence-corrected chi connectivity index (χ1v) is 14.4. The monoisotopic (exact) mass is 532 g/mol. The van der Waals surface area contributed by atoms with E-state index in [1.807, 2.05) is 29.2 Å². The number of ether oxygens (including phenoxy) is 2. The molecule has 2 aliphatic rings. The third-order valence-electron chi connectivity index (χ3n) is 8.10. The van der Waals surface area contributed by atoms with Crippen LogP contribution < -0.4 is 19.7 Å². The highest BCUT2D eigenvalue weighted by atomic mass is 16.7. The van der Waals surface area contributed by atoms with Gasteiger partial charge in [-0.1, -0.05) is 117 Å². The maximum absolute atomic E-state index is 14.4. The third kappa shape index (κ3) is 4.86. The molecule has 2 heterocycles. The molecular weight excluding hydrogens is 496 g/mol. The first-order chi connectivity index (χ1) is 19.7. The molecule has 0 aromatic heterocycles. The summed E-state index contributed by atoms with van der Waals surface area (Å²) in [6.45, 7) is 3.10. The molecule has 6 rings (SSSR count). The van der Waals surface area contributed by atoms with Crippen molar-refractivity contribution in [3.8, 4) is 11.5 Å². The van der Waals surface area contributed by atoms with Crippen LogP contribution in [0.2, 0.25) is 0 Å². The van der Waals surface area contributed by atoms with E-state index >= 15 is 0 Å². The minimum Gasteiger partial charge on any atom is -0.454 e. The molecule has 2 aliphatic heterocycles. The third-order valence-corrected chi connectivity index (χ3v) is 8.10. The first-order valence-electron chi connectivity index (χ1n) is 14.4. The fourth-order valence-electron chi connectivity index (χ4n) is 6.12. The standard InChI is InChI=1S/C35H36N2O3/c1-2-3-4-14-21-37-31-24-33-32(39-25-40-33)23-26(31)22-30(34(37)38)36-35(27-15-8-5-9-16-27,28-17-10-6-11-18-28)29-19-12-7-13-20-29/h5-13,15-20,23-24,30,36H,2-4,14,21-22,25H2,1H3/t30-/m0/s1. The maximum atomic E-state index is 14.4.